The minimum Gasteiger partial charge on any atom is -0.389 e. The first kappa shape index (κ1) is 15.9. The fourth-order valence-corrected chi connectivity index (χ4v) is 2.10. The van der Waals surface area contributed by atoms with Crippen molar-refractivity contribution in [1.82, 2.24) is 5.32 Å². The summed E-state index contributed by atoms with van der Waals surface area (Å²) in [6.45, 7) is 8.54. The van der Waals surface area contributed by atoms with E-state index in [0.717, 1.165) is 5.56 Å². The summed E-state index contributed by atoms with van der Waals surface area (Å²) < 4.78 is 14.0. The number of rotatable bonds is 6. The molecular formula is C15H25FN2O. The van der Waals surface area contributed by atoms with Gasteiger partial charge in [-0.25, -0.2) is 4.39 Å². The lowest BCUT2D eigenvalue weighted by atomic mass is 10.1. The minimum absolute atomic E-state index is 0.255. The molecule has 2 N–H and O–H groups in total. The van der Waals surface area contributed by atoms with Crippen LogP contribution in [0.1, 0.15) is 33.3 Å². The Morgan fingerprint density at radius 3 is 2.53 bits per heavy atom. The van der Waals surface area contributed by atoms with Gasteiger partial charge < -0.3 is 15.3 Å². The third-order valence-corrected chi connectivity index (χ3v) is 2.78. The van der Waals surface area contributed by atoms with E-state index in [0.29, 0.717) is 24.8 Å². The number of nitrogens with zero attached hydrogens (tertiary/aromatic N) is 1. The first-order valence-electron chi connectivity index (χ1n) is 6.65. The van der Waals surface area contributed by atoms with E-state index < -0.39 is 5.60 Å². The quantitative estimate of drug-likeness (QED) is 0.832. The minimum atomic E-state index is -0.861. The highest BCUT2D eigenvalue weighted by atomic mass is 19.1. The van der Waals surface area contributed by atoms with E-state index >= 15 is 0 Å². The zero-order valence-corrected chi connectivity index (χ0v) is 12.5. The summed E-state index contributed by atoms with van der Waals surface area (Å²) in [6.07, 6.45) is 0. The maximum atomic E-state index is 14.0. The molecule has 19 heavy (non-hydrogen) atoms. The molecule has 0 fully saturated rings. The number of benzene rings is 1. The van der Waals surface area contributed by atoms with Gasteiger partial charge in [0.05, 0.1) is 11.3 Å². The molecule has 0 atom stereocenters. The van der Waals surface area contributed by atoms with Crippen LogP contribution >= 0.6 is 0 Å². The number of nitrogens with one attached hydrogen (secondary N) is 1. The van der Waals surface area contributed by atoms with Crippen LogP contribution in [0.25, 0.3) is 0 Å². The number of halogens is 1. The summed E-state index contributed by atoms with van der Waals surface area (Å²) in [6, 6.07) is 5.42. The summed E-state index contributed by atoms with van der Waals surface area (Å²) >= 11 is 0. The van der Waals surface area contributed by atoms with Crippen molar-refractivity contribution in [2.45, 2.75) is 45.9 Å². The van der Waals surface area contributed by atoms with Gasteiger partial charge in [-0.05, 0) is 25.5 Å². The Kier molecular flexibility index (Phi) is 5.32. The summed E-state index contributed by atoms with van der Waals surface area (Å²) in [4.78, 5) is 1.77. The molecule has 0 unspecified atom stereocenters. The molecule has 108 valence electrons. The van der Waals surface area contributed by atoms with Crippen LogP contribution in [0.5, 0.6) is 0 Å². The van der Waals surface area contributed by atoms with Crippen LogP contribution < -0.4 is 10.2 Å². The summed E-state index contributed by atoms with van der Waals surface area (Å²) in [5.74, 6) is -0.255. The van der Waals surface area contributed by atoms with Gasteiger partial charge in [0.1, 0.15) is 5.82 Å². The van der Waals surface area contributed by atoms with Gasteiger partial charge in [0.25, 0.3) is 0 Å². The lowest BCUT2D eigenvalue weighted by Crippen LogP contribution is -2.37. The van der Waals surface area contributed by atoms with Crippen molar-refractivity contribution in [3.63, 3.8) is 0 Å². The van der Waals surface area contributed by atoms with E-state index in [4.69, 9.17) is 0 Å². The van der Waals surface area contributed by atoms with Crippen molar-refractivity contribution >= 4 is 5.69 Å². The lowest BCUT2D eigenvalue weighted by Gasteiger charge is -2.29. The van der Waals surface area contributed by atoms with Crippen LogP contribution in [0.3, 0.4) is 0 Å². The lowest BCUT2D eigenvalue weighted by molar-refractivity contribution is 0.0884. The Labute approximate surface area is 115 Å². The predicted molar refractivity (Wildman–Crippen MR) is 77.9 cm³/mol. The second-order valence-corrected chi connectivity index (χ2v) is 5.95. The fraction of sp³-hybridized carbons (Fsp3) is 0.600. The molecule has 1 aromatic rings. The standard InChI is InChI=1S/C15H25FN2O/c1-11(2)17-9-12-7-6-8-13(16)14(12)18(5)10-15(3,4)19/h6-8,11,17,19H,9-10H2,1-5H3. The van der Waals surface area contributed by atoms with Gasteiger partial charge >= 0.3 is 0 Å². The van der Waals surface area contributed by atoms with Gasteiger partial charge in [0.15, 0.2) is 0 Å². The van der Waals surface area contributed by atoms with Crippen LogP contribution in [0.2, 0.25) is 0 Å². The molecule has 0 saturated heterocycles. The molecule has 0 amide bonds. The number of hydrogen-bond acceptors (Lipinski definition) is 3. The average Bonchev–Trinajstić information content (AvgIpc) is 2.23. The van der Waals surface area contributed by atoms with E-state index in [-0.39, 0.29) is 5.82 Å². The number of hydrogen-bond donors (Lipinski definition) is 2. The van der Waals surface area contributed by atoms with Crippen molar-refractivity contribution in [2.75, 3.05) is 18.5 Å². The second-order valence-electron chi connectivity index (χ2n) is 5.95. The summed E-state index contributed by atoms with van der Waals surface area (Å²) in [7, 11) is 1.80. The van der Waals surface area contributed by atoms with E-state index in [9.17, 15) is 9.50 Å². The highest BCUT2D eigenvalue weighted by Gasteiger charge is 2.20. The second kappa shape index (κ2) is 6.35. The van der Waals surface area contributed by atoms with Gasteiger partial charge in [0, 0.05) is 26.2 Å². The molecule has 1 rings (SSSR count). The van der Waals surface area contributed by atoms with Gasteiger partial charge in [-0.15, -0.1) is 0 Å². The van der Waals surface area contributed by atoms with Crippen LogP contribution in [0.15, 0.2) is 18.2 Å². The highest BCUT2D eigenvalue weighted by molar-refractivity contribution is 5.54. The van der Waals surface area contributed by atoms with Gasteiger partial charge in [-0.3, -0.25) is 0 Å². The number of aliphatic hydroxyl groups is 1. The molecule has 0 aliphatic heterocycles. The van der Waals surface area contributed by atoms with Crippen molar-refractivity contribution in [3.8, 4) is 0 Å². The zero-order valence-electron chi connectivity index (χ0n) is 12.5. The van der Waals surface area contributed by atoms with Gasteiger partial charge in [-0.1, -0.05) is 26.0 Å². The van der Waals surface area contributed by atoms with Gasteiger partial charge in [0.2, 0.25) is 0 Å². The molecule has 4 heteroatoms. The van der Waals surface area contributed by atoms with Crippen LogP contribution in [-0.2, 0) is 6.54 Å². The maximum Gasteiger partial charge on any atom is 0.146 e. The summed E-state index contributed by atoms with van der Waals surface area (Å²) in [5.41, 5.74) is 0.595. The smallest absolute Gasteiger partial charge is 0.146 e. The van der Waals surface area contributed by atoms with E-state index in [1.165, 1.54) is 6.07 Å². The van der Waals surface area contributed by atoms with Crippen molar-refractivity contribution in [2.24, 2.45) is 0 Å². The molecule has 0 radical (unpaired) electrons. The fourth-order valence-electron chi connectivity index (χ4n) is 2.10. The first-order chi connectivity index (χ1) is 8.70. The third kappa shape index (κ3) is 5.17. The van der Waals surface area contributed by atoms with Crippen LogP contribution in [-0.4, -0.2) is 30.3 Å². The first-order valence-corrected chi connectivity index (χ1v) is 6.65. The number of likely N-dealkylation sites (N-methyl/N-ethyl adjacent to an activating group) is 1. The molecular weight excluding hydrogens is 243 g/mol. The Morgan fingerprint density at radius 2 is 2.00 bits per heavy atom. The Balaban J connectivity index is 2.97. The molecule has 0 heterocycles. The zero-order chi connectivity index (χ0) is 14.6. The molecule has 3 nitrogen and oxygen atoms in total. The molecule has 0 aliphatic carbocycles. The molecule has 0 aromatic heterocycles. The van der Waals surface area contributed by atoms with Crippen molar-refractivity contribution in [3.05, 3.63) is 29.6 Å². The van der Waals surface area contributed by atoms with E-state index in [1.54, 1.807) is 31.9 Å². The van der Waals surface area contributed by atoms with Gasteiger partial charge in [-0.2, -0.15) is 0 Å². The molecule has 0 spiro atoms. The van der Waals surface area contributed by atoms with Crippen molar-refractivity contribution in [1.29, 1.82) is 0 Å². The normalized spacial score (nSPS) is 12.0. The molecule has 0 aliphatic rings. The topological polar surface area (TPSA) is 35.5 Å². The van der Waals surface area contributed by atoms with E-state index in [1.807, 2.05) is 6.07 Å². The number of anilines is 1. The molecule has 1 aromatic carbocycles. The monoisotopic (exact) mass is 268 g/mol. The maximum absolute atomic E-state index is 14.0. The predicted octanol–water partition coefficient (Wildman–Crippen LogP) is 2.53. The molecule has 0 bridgehead atoms. The Hall–Kier alpha value is -1.13. The molecule has 0 saturated carbocycles. The SMILES string of the molecule is CC(C)NCc1cccc(F)c1N(C)CC(C)(C)O. The highest BCUT2D eigenvalue weighted by Crippen LogP contribution is 2.25. The van der Waals surface area contributed by atoms with Crippen LogP contribution in [0, 0.1) is 5.82 Å². The van der Waals surface area contributed by atoms with E-state index in [2.05, 4.69) is 19.2 Å². The Bertz CT molecular complexity index is 413. The van der Waals surface area contributed by atoms with Crippen molar-refractivity contribution < 1.29 is 9.50 Å². The largest absolute Gasteiger partial charge is 0.389 e. The average molecular weight is 268 g/mol. The third-order valence-electron chi connectivity index (χ3n) is 2.78. The Morgan fingerprint density at radius 1 is 1.37 bits per heavy atom. The van der Waals surface area contributed by atoms with Crippen LogP contribution in [0.4, 0.5) is 10.1 Å². The number of para-hydroxylation sites is 1. The summed E-state index contributed by atoms with van der Waals surface area (Å²) in [5, 5.41) is 13.2.